The molecule has 1 unspecified atom stereocenters. The Kier molecular flexibility index (Phi) is 15.9. The van der Waals surface area contributed by atoms with Crippen LogP contribution in [0, 0.1) is 0 Å². The van der Waals surface area contributed by atoms with E-state index < -0.39 is 20.0 Å². The van der Waals surface area contributed by atoms with Gasteiger partial charge < -0.3 is 28.8 Å². The van der Waals surface area contributed by atoms with Crippen LogP contribution >= 0.6 is 7.82 Å². The number of nitrogens with one attached hydrogen (secondary N) is 1. The average Bonchev–Trinajstić information content (AvgIpc) is 2.63. The van der Waals surface area contributed by atoms with Gasteiger partial charge >= 0.3 is 0 Å². The second-order valence-electron chi connectivity index (χ2n) is 8.99. The highest BCUT2D eigenvalue weighted by Gasteiger charge is 2.24. The van der Waals surface area contributed by atoms with Gasteiger partial charge in [-0.05, 0) is 12.8 Å². The van der Waals surface area contributed by atoms with E-state index in [9.17, 15) is 19.4 Å². The van der Waals surface area contributed by atoms with Gasteiger partial charge in [0.2, 0.25) is 5.91 Å². The van der Waals surface area contributed by atoms with E-state index in [-0.39, 0.29) is 19.1 Å². The van der Waals surface area contributed by atoms with Crippen LogP contribution in [0.2, 0.25) is 0 Å². The minimum atomic E-state index is -4.50. The zero-order chi connectivity index (χ0) is 23.0. The summed E-state index contributed by atoms with van der Waals surface area (Å²) in [6, 6.07) is -0.783. The van der Waals surface area contributed by atoms with Crippen LogP contribution in [-0.2, 0) is 18.4 Å². The number of hydrogen-bond donors (Lipinski definition) is 2. The van der Waals surface area contributed by atoms with E-state index in [4.69, 9.17) is 9.05 Å². The number of aliphatic hydroxyl groups is 1. The molecule has 0 saturated heterocycles. The Morgan fingerprint density at radius 3 is 2.23 bits per heavy atom. The summed E-state index contributed by atoms with van der Waals surface area (Å²) >= 11 is 0. The molecule has 0 radical (unpaired) electrons. The first-order chi connectivity index (χ1) is 14.0. The number of quaternary nitrogens is 1. The molecule has 0 aliphatic rings. The van der Waals surface area contributed by atoms with Crippen LogP contribution in [0.4, 0.5) is 0 Å². The SMILES string of the molecule is CCCCCCC[C@H](O)[C@H](COP(=O)([O-])OCC[N+](C)(C)C)NC(=O)CCCCC. The summed E-state index contributed by atoms with van der Waals surface area (Å²) in [6.45, 7) is 4.38. The van der Waals surface area contributed by atoms with Crippen LogP contribution in [0.5, 0.6) is 0 Å². The van der Waals surface area contributed by atoms with Crippen molar-refractivity contribution >= 4 is 13.7 Å². The van der Waals surface area contributed by atoms with Crippen molar-refractivity contribution in [1.29, 1.82) is 0 Å². The normalized spacial score (nSPS) is 16.1. The Bertz CT molecular complexity index is 498. The van der Waals surface area contributed by atoms with Gasteiger partial charge in [0.25, 0.3) is 7.82 Å². The van der Waals surface area contributed by atoms with E-state index >= 15 is 0 Å². The smallest absolute Gasteiger partial charge is 0.268 e. The van der Waals surface area contributed by atoms with Crippen molar-refractivity contribution in [3.05, 3.63) is 0 Å². The standard InChI is InChI=1S/C21H45N2O6P/c1-6-8-10-11-13-14-20(24)19(22-21(25)15-12-9-7-2)18-29-30(26,27)28-17-16-23(3,4)5/h19-20,24H,6-18H2,1-5H3,(H-,22,25,26,27)/t19-,20-/m0/s1. The summed E-state index contributed by atoms with van der Waals surface area (Å²) in [4.78, 5) is 24.3. The van der Waals surface area contributed by atoms with E-state index in [1.165, 1.54) is 0 Å². The summed E-state index contributed by atoms with van der Waals surface area (Å²) in [5, 5.41) is 13.3. The molecule has 1 amide bonds. The molecule has 0 spiro atoms. The molecule has 8 nitrogen and oxygen atoms in total. The number of phosphoric acid groups is 1. The van der Waals surface area contributed by atoms with Gasteiger partial charge in [0.15, 0.2) is 0 Å². The van der Waals surface area contributed by atoms with Crippen molar-refractivity contribution in [2.24, 2.45) is 0 Å². The fourth-order valence-corrected chi connectivity index (χ4v) is 3.58. The van der Waals surface area contributed by atoms with Crippen molar-refractivity contribution in [3.8, 4) is 0 Å². The largest absolute Gasteiger partial charge is 0.756 e. The Morgan fingerprint density at radius 1 is 1.03 bits per heavy atom. The van der Waals surface area contributed by atoms with Gasteiger partial charge in [-0.1, -0.05) is 58.8 Å². The van der Waals surface area contributed by atoms with Gasteiger partial charge in [0.05, 0.1) is 39.9 Å². The number of unbranched alkanes of at least 4 members (excludes halogenated alkanes) is 6. The molecule has 0 aromatic rings. The van der Waals surface area contributed by atoms with Crippen LogP contribution in [0.1, 0.15) is 78.1 Å². The van der Waals surface area contributed by atoms with Crippen molar-refractivity contribution in [3.63, 3.8) is 0 Å². The van der Waals surface area contributed by atoms with Gasteiger partial charge in [-0.3, -0.25) is 9.36 Å². The van der Waals surface area contributed by atoms with Crippen molar-refractivity contribution < 1.29 is 32.9 Å². The average molecular weight is 453 g/mol. The molecule has 0 rings (SSSR count). The van der Waals surface area contributed by atoms with Gasteiger partial charge in [-0.15, -0.1) is 0 Å². The van der Waals surface area contributed by atoms with Crippen LogP contribution in [0.15, 0.2) is 0 Å². The van der Waals surface area contributed by atoms with Gasteiger partial charge in [0.1, 0.15) is 13.2 Å². The first-order valence-electron chi connectivity index (χ1n) is 11.4. The molecule has 0 aliphatic carbocycles. The molecule has 0 bridgehead atoms. The number of hydrogen-bond acceptors (Lipinski definition) is 6. The molecule has 0 aromatic carbocycles. The van der Waals surface area contributed by atoms with Crippen LogP contribution in [0.25, 0.3) is 0 Å². The van der Waals surface area contributed by atoms with Crippen LogP contribution in [-0.4, -0.2) is 68.5 Å². The van der Waals surface area contributed by atoms with Gasteiger partial charge in [-0.25, -0.2) is 0 Å². The minimum Gasteiger partial charge on any atom is -0.756 e. The van der Waals surface area contributed by atoms with Gasteiger partial charge in [-0.2, -0.15) is 0 Å². The highest BCUT2D eigenvalue weighted by molar-refractivity contribution is 7.45. The topological polar surface area (TPSA) is 108 Å². The predicted octanol–water partition coefficient (Wildman–Crippen LogP) is 2.98. The Balaban J connectivity index is 4.68. The summed E-state index contributed by atoms with van der Waals surface area (Å²) in [5.74, 6) is -0.200. The quantitative estimate of drug-likeness (QED) is 0.177. The summed E-state index contributed by atoms with van der Waals surface area (Å²) in [5.41, 5.74) is 0. The van der Waals surface area contributed by atoms with E-state index in [1.807, 2.05) is 21.1 Å². The second kappa shape index (κ2) is 16.2. The lowest BCUT2D eigenvalue weighted by Gasteiger charge is -2.30. The number of carbonyl (C=O) groups is 1. The van der Waals surface area contributed by atoms with Crippen LogP contribution in [0.3, 0.4) is 0 Å². The van der Waals surface area contributed by atoms with Crippen molar-refractivity contribution in [1.82, 2.24) is 5.32 Å². The maximum absolute atomic E-state index is 12.2. The number of likely N-dealkylation sites (N-methyl/N-ethyl adjacent to an activating group) is 1. The van der Waals surface area contributed by atoms with E-state index in [0.29, 0.717) is 23.9 Å². The fourth-order valence-electron chi connectivity index (χ4n) is 2.86. The molecule has 30 heavy (non-hydrogen) atoms. The number of amides is 1. The maximum atomic E-state index is 12.2. The Morgan fingerprint density at radius 2 is 1.63 bits per heavy atom. The van der Waals surface area contributed by atoms with Gasteiger partial charge in [0, 0.05) is 6.42 Å². The number of carbonyl (C=O) groups excluding carboxylic acids is 1. The third-order valence-corrected chi connectivity index (χ3v) is 5.81. The molecule has 0 aliphatic heterocycles. The number of rotatable bonds is 19. The minimum absolute atomic E-state index is 0.0122. The maximum Gasteiger partial charge on any atom is 0.268 e. The predicted molar refractivity (Wildman–Crippen MR) is 118 cm³/mol. The lowest BCUT2D eigenvalue weighted by atomic mass is 10.0. The number of phosphoric ester groups is 1. The molecular weight excluding hydrogens is 407 g/mol. The summed E-state index contributed by atoms with van der Waals surface area (Å²) in [6.07, 6.45) is 7.89. The van der Waals surface area contributed by atoms with Crippen molar-refractivity contribution in [2.45, 2.75) is 90.2 Å². The molecular formula is C21H45N2O6P. The highest BCUT2D eigenvalue weighted by atomic mass is 31.2. The molecule has 9 heteroatoms. The van der Waals surface area contributed by atoms with E-state index in [1.54, 1.807) is 0 Å². The molecule has 0 heterocycles. The lowest BCUT2D eigenvalue weighted by molar-refractivity contribution is -0.870. The Labute approximate surface area is 183 Å². The molecule has 0 fully saturated rings. The molecule has 3 atom stereocenters. The highest BCUT2D eigenvalue weighted by Crippen LogP contribution is 2.38. The number of aliphatic hydroxyl groups excluding tert-OH is 1. The summed E-state index contributed by atoms with van der Waals surface area (Å²) in [7, 11) is 1.29. The number of nitrogens with zero attached hydrogens (tertiary/aromatic N) is 1. The van der Waals surface area contributed by atoms with Crippen LogP contribution < -0.4 is 10.2 Å². The van der Waals surface area contributed by atoms with Crippen molar-refractivity contribution in [2.75, 3.05) is 40.9 Å². The second-order valence-corrected chi connectivity index (χ2v) is 10.4. The molecule has 180 valence electrons. The lowest BCUT2D eigenvalue weighted by Crippen LogP contribution is -2.46. The third-order valence-electron chi connectivity index (χ3n) is 4.85. The molecule has 2 N–H and O–H groups in total. The fraction of sp³-hybridized carbons (Fsp3) is 0.952. The first-order valence-corrected chi connectivity index (χ1v) is 12.8. The molecule has 0 aromatic heterocycles. The molecule has 0 saturated carbocycles. The third kappa shape index (κ3) is 17.2. The van der Waals surface area contributed by atoms with E-state index in [2.05, 4.69) is 19.2 Å². The summed E-state index contributed by atoms with van der Waals surface area (Å²) < 4.78 is 22.5. The Hall–Kier alpha value is -0.500. The first kappa shape index (κ1) is 29.5. The zero-order valence-corrected chi connectivity index (χ0v) is 20.6. The zero-order valence-electron chi connectivity index (χ0n) is 19.7. The van der Waals surface area contributed by atoms with E-state index in [0.717, 1.165) is 51.4 Å². The monoisotopic (exact) mass is 452 g/mol.